The van der Waals surface area contributed by atoms with Crippen LogP contribution in [0, 0.1) is 5.41 Å². The highest BCUT2D eigenvalue weighted by molar-refractivity contribution is 6.30. The molecular formula is C17H24ClNO. The molecule has 1 N–H and O–H groups in total. The van der Waals surface area contributed by atoms with Gasteiger partial charge in [-0.3, -0.25) is 0 Å². The number of benzene rings is 1. The SMILES string of the molecule is CCCNC1CC(Oc2cccc(Cl)c2)C12CCCC2. The van der Waals surface area contributed by atoms with Gasteiger partial charge < -0.3 is 10.1 Å². The Morgan fingerprint density at radius 2 is 2.15 bits per heavy atom. The molecule has 110 valence electrons. The number of nitrogens with one attached hydrogen (secondary N) is 1. The lowest BCUT2D eigenvalue weighted by Gasteiger charge is -2.54. The van der Waals surface area contributed by atoms with Crippen LogP contribution in [0.5, 0.6) is 5.75 Å². The van der Waals surface area contributed by atoms with Crippen LogP contribution >= 0.6 is 11.6 Å². The molecule has 0 aromatic heterocycles. The van der Waals surface area contributed by atoms with Gasteiger partial charge in [0.1, 0.15) is 11.9 Å². The molecule has 2 aliphatic rings. The van der Waals surface area contributed by atoms with Crippen LogP contribution in [0.15, 0.2) is 24.3 Å². The van der Waals surface area contributed by atoms with Gasteiger partial charge >= 0.3 is 0 Å². The minimum Gasteiger partial charge on any atom is -0.490 e. The number of rotatable bonds is 5. The summed E-state index contributed by atoms with van der Waals surface area (Å²) in [5.41, 5.74) is 0.373. The van der Waals surface area contributed by atoms with Crippen LogP contribution in [0.2, 0.25) is 5.02 Å². The molecule has 2 unspecified atom stereocenters. The predicted molar refractivity (Wildman–Crippen MR) is 83.5 cm³/mol. The van der Waals surface area contributed by atoms with E-state index in [9.17, 15) is 0 Å². The Kier molecular flexibility index (Phi) is 4.23. The fraction of sp³-hybridized carbons (Fsp3) is 0.647. The molecule has 1 spiro atoms. The smallest absolute Gasteiger partial charge is 0.121 e. The van der Waals surface area contributed by atoms with Gasteiger partial charge in [-0.05, 0) is 44.0 Å². The zero-order chi connectivity index (χ0) is 14.0. The molecule has 0 radical (unpaired) electrons. The fourth-order valence-corrected chi connectivity index (χ4v) is 4.11. The van der Waals surface area contributed by atoms with Crippen molar-refractivity contribution in [3.63, 3.8) is 0 Å². The summed E-state index contributed by atoms with van der Waals surface area (Å²) >= 11 is 6.05. The van der Waals surface area contributed by atoms with E-state index in [1.807, 2.05) is 24.3 Å². The Morgan fingerprint density at radius 1 is 1.35 bits per heavy atom. The Hall–Kier alpha value is -0.730. The third kappa shape index (κ3) is 2.56. The molecule has 3 rings (SSSR count). The van der Waals surface area contributed by atoms with Crippen molar-refractivity contribution in [1.82, 2.24) is 5.32 Å². The highest BCUT2D eigenvalue weighted by atomic mass is 35.5. The van der Waals surface area contributed by atoms with Gasteiger partial charge in [0.25, 0.3) is 0 Å². The molecule has 0 amide bonds. The van der Waals surface area contributed by atoms with Gasteiger partial charge in [0.05, 0.1) is 0 Å². The summed E-state index contributed by atoms with van der Waals surface area (Å²) in [5, 5.41) is 4.48. The van der Waals surface area contributed by atoms with Crippen molar-refractivity contribution in [1.29, 1.82) is 0 Å². The Bertz CT molecular complexity index is 456. The highest BCUT2D eigenvalue weighted by Gasteiger charge is 2.57. The molecule has 0 aliphatic heterocycles. The van der Waals surface area contributed by atoms with Gasteiger partial charge in [0, 0.05) is 22.9 Å². The zero-order valence-corrected chi connectivity index (χ0v) is 13.0. The second kappa shape index (κ2) is 5.95. The van der Waals surface area contributed by atoms with Crippen molar-refractivity contribution in [2.45, 2.75) is 57.6 Å². The number of halogens is 1. The first-order chi connectivity index (χ1) is 9.74. The summed E-state index contributed by atoms with van der Waals surface area (Å²) in [6, 6.07) is 8.45. The fourth-order valence-electron chi connectivity index (χ4n) is 3.93. The molecule has 0 heterocycles. The number of ether oxygens (including phenoxy) is 1. The minimum absolute atomic E-state index is 0.359. The second-order valence-corrected chi connectivity index (χ2v) is 6.68. The normalized spacial score (nSPS) is 27.5. The minimum atomic E-state index is 0.359. The van der Waals surface area contributed by atoms with Gasteiger partial charge in [0.2, 0.25) is 0 Å². The van der Waals surface area contributed by atoms with Gasteiger partial charge in [-0.2, -0.15) is 0 Å². The Balaban J connectivity index is 1.68. The molecule has 1 aromatic rings. The summed E-state index contributed by atoms with van der Waals surface area (Å²) in [4.78, 5) is 0. The van der Waals surface area contributed by atoms with Crippen LogP contribution in [-0.2, 0) is 0 Å². The van der Waals surface area contributed by atoms with Crippen molar-refractivity contribution >= 4 is 11.6 Å². The first-order valence-electron chi connectivity index (χ1n) is 7.90. The maximum absolute atomic E-state index is 6.25. The van der Waals surface area contributed by atoms with Crippen molar-refractivity contribution in [2.75, 3.05) is 6.54 Å². The van der Waals surface area contributed by atoms with Gasteiger partial charge in [0.15, 0.2) is 0 Å². The Morgan fingerprint density at radius 3 is 2.85 bits per heavy atom. The van der Waals surface area contributed by atoms with Gasteiger partial charge in [-0.15, -0.1) is 0 Å². The standard InChI is InChI=1S/C17H24ClNO/c1-2-10-19-15-12-16(17(15)8-3-4-9-17)20-14-7-5-6-13(18)11-14/h5-7,11,15-16,19H,2-4,8-10,12H2,1H3. The van der Waals surface area contributed by atoms with Crippen molar-refractivity contribution < 1.29 is 4.74 Å². The molecular weight excluding hydrogens is 270 g/mol. The molecule has 1 aromatic carbocycles. The molecule has 2 saturated carbocycles. The lowest BCUT2D eigenvalue weighted by molar-refractivity contribution is -0.0759. The Labute approximate surface area is 126 Å². The maximum Gasteiger partial charge on any atom is 0.121 e. The van der Waals surface area contributed by atoms with E-state index in [1.54, 1.807) is 0 Å². The molecule has 3 heteroatoms. The topological polar surface area (TPSA) is 21.3 Å². The maximum atomic E-state index is 6.25. The average Bonchev–Trinajstić information content (AvgIpc) is 2.94. The average molecular weight is 294 g/mol. The molecule has 2 aliphatic carbocycles. The van der Waals surface area contributed by atoms with Crippen molar-refractivity contribution in [3.8, 4) is 5.75 Å². The first-order valence-corrected chi connectivity index (χ1v) is 8.28. The zero-order valence-electron chi connectivity index (χ0n) is 12.2. The molecule has 2 nitrogen and oxygen atoms in total. The predicted octanol–water partition coefficient (Wildman–Crippen LogP) is 4.42. The summed E-state index contributed by atoms with van der Waals surface area (Å²) < 4.78 is 6.25. The lowest BCUT2D eigenvalue weighted by atomic mass is 9.60. The van der Waals surface area contributed by atoms with E-state index in [1.165, 1.54) is 32.1 Å². The molecule has 0 bridgehead atoms. The third-order valence-electron chi connectivity index (χ3n) is 5.03. The van der Waals surface area contributed by atoms with Crippen LogP contribution in [0.3, 0.4) is 0 Å². The van der Waals surface area contributed by atoms with Crippen LogP contribution in [0.1, 0.15) is 45.4 Å². The van der Waals surface area contributed by atoms with E-state index in [4.69, 9.17) is 16.3 Å². The summed E-state index contributed by atoms with van der Waals surface area (Å²) in [6.07, 6.45) is 8.00. The van der Waals surface area contributed by atoms with Crippen LogP contribution < -0.4 is 10.1 Å². The summed E-state index contributed by atoms with van der Waals surface area (Å²) in [7, 11) is 0. The van der Waals surface area contributed by atoms with E-state index in [0.29, 0.717) is 17.6 Å². The first kappa shape index (κ1) is 14.2. The number of hydrogen-bond acceptors (Lipinski definition) is 2. The van der Waals surface area contributed by atoms with Crippen molar-refractivity contribution in [2.24, 2.45) is 5.41 Å². The van der Waals surface area contributed by atoms with E-state index in [-0.39, 0.29) is 0 Å². The highest BCUT2D eigenvalue weighted by Crippen LogP contribution is 2.54. The molecule has 2 fully saturated rings. The van der Waals surface area contributed by atoms with Gasteiger partial charge in [-0.25, -0.2) is 0 Å². The summed E-state index contributed by atoms with van der Waals surface area (Å²) in [6.45, 7) is 3.35. The largest absolute Gasteiger partial charge is 0.490 e. The van der Waals surface area contributed by atoms with E-state index in [0.717, 1.165) is 23.7 Å². The molecule has 20 heavy (non-hydrogen) atoms. The summed E-state index contributed by atoms with van der Waals surface area (Å²) in [5.74, 6) is 0.919. The van der Waals surface area contributed by atoms with E-state index < -0.39 is 0 Å². The van der Waals surface area contributed by atoms with Crippen LogP contribution in [-0.4, -0.2) is 18.7 Å². The third-order valence-corrected chi connectivity index (χ3v) is 5.27. The van der Waals surface area contributed by atoms with E-state index >= 15 is 0 Å². The van der Waals surface area contributed by atoms with Crippen molar-refractivity contribution in [3.05, 3.63) is 29.3 Å². The quantitative estimate of drug-likeness (QED) is 0.868. The molecule has 2 atom stereocenters. The number of hydrogen-bond donors (Lipinski definition) is 1. The molecule has 0 saturated heterocycles. The monoisotopic (exact) mass is 293 g/mol. The van der Waals surface area contributed by atoms with E-state index in [2.05, 4.69) is 12.2 Å². The second-order valence-electron chi connectivity index (χ2n) is 6.25. The lowest BCUT2D eigenvalue weighted by Crippen LogP contribution is -2.63. The van der Waals surface area contributed by atoms with Crippen LogP contribution in [0.25, 0.3) is 0 Å². The van der Waals surface area contributed by atoms with Crippen LogP contribution in [0.4, 0.5) is 0 Å². The van der Waals surface area contributed by atoms with Gasteiger partial charge in [-0.1, -0.05) is 37.4 Å².